The summed E-state index contributed by atoms with van der Waals surface area (Å²) < 4.78 is 24.0. The second kappa shape index (κ2) is 3.61. The molecule has 0 radical (unpaired) electrons. The Morgan fingerprint density at radius 3 is 2.62 bits per heavy atom. The Hall–Kier alpha value is -1.33. The van der Waals surface area contributed by atoms with E-state index >= 15 is 0 Å². The van der Waals surface area contributed by atoms with Gasteiger partial charge in [0.05, 0.1) is 16.8 Å². The van der Waals surface area contributed by atoms with Crippen molar-refractivity contribution in [2.24, 2.45) is 0 Å². The van der Waals surface area contributed by atoms with E-state index in [1.165, 1.54) is 6.20 Å². The van der Waals surface area contributed by atoms with Gasteiger partial charge >= 0.3 is 0 Å². The van der Waals surface area contributed by atoms with Gasteiger partial charge in [-0.3, -0.25) is 4.79 Å². The molecule has 6 heteroatoms. The summed E-state index contributed by atoms with van der Waals surface area (Å²) in [6.45, 7) is 0. The molecule has 0 spiro atoms. The number of benzene rings is 1. The number of aldehydes is 1. The van der Waals surface area contributed by atoms with Gasteiger partial charge in [-0.25, -0.2) is 12.4 Å². The van der Waals surface area contributed by atoms with Gasteiger partial charge in [0.25, 0.3) is 0 Å². The van der Waals surface area contributed by atoms with E-state index < -0.39 is 10.0 Å². The second-order valence-corrected chi connectivity index (χ2v) is 5.66. The van der Waals surface area contributed by atoms with Crippen LogP contribution in [0, 0.1) is 0 Å². The predicted molar refractivity (Wildman–Crippen MR) is 62.6 cm³/mol. The topological polar surface area (TPSA) is 56.1 Å². The largest absolute Gasteiger partial charge is 0.298 e. The number of carbonyl (C=O) groups excluding carboxylic acids is 1. The van der Waals surface area contributed by atoms with Gasteiger partial charge in [0.1, 0.15) is 0 Å². The molecule has 0 atom stereocenters. The van der Waals surface area contributed by atoms with E-state index in [1.54, 1.807) is 18.2 Å². The van der Waals surface area contributed by atoms with E-state index in [2.05, 4.69) is 0 Å². The third-order valence-corrected chi connectivity index (χ3v) is 3.59. The molecule has 2 aromatic rings. The lowest BCUT2D eigenvalue weighted by Gasteiger charge is -2.01. The van der Waals surface area contributed by atoms with Crippen molar-refractivity contribution in [1.29, 1.82) is 0 Å². The van der Waals surface area contributed by atoms with Crippen LogP contribution in [0.15, 0.2) is 24.4 Å². The maximum atomic E-state index is 11.5. The standard InChI is InChI=1S/C10H8ClNO3S/c1-16(14,15)12-5-7(6-13)10-8(11)3-2-4-9(10)12/h2-6H,1H3. The van der Waals surface area contributed by atoms with Crippen LogP contribution in [0.5, 0.6) is 0 Å². The minimum Gasteiger partial charge on any atom is -0.298 e. The lowest BCUT2D eigenvalue weighted by Crippen LogP contribution is -2.08. The van der Waals surface area contributed by atoms with Crippen LogP contribution in [-0.2, 0) is 10.0 Å². The number of aromatic nitrogens is 1. The van der Waals surface area contributed by atoms with E-state index in [-0.39, 0.29) is 5.56 Å². The van der Waals surface area contributed by atoms with Crippen LogP contribution in [0.1, 0.15) is 10.4 Å². The highest BCUT2D eigenvalue weighted by molar-refractivity contribution is 7.89. The predicted octanol–water partition coefficient (Wildman–Crippen LogP) is 1.91. The van der Waals surface area contributed by atoms with Gasteiger partial charge < -0.3 is 0 Å². The van der Waals surface area contributed by atoms with E-state index in [4.69, 9.17) is 11.6 Å². The molecule has 4 nitrogen and oxygen atoms in total. The summed E-state index contributed by atoms with van der Waals surface area (Å²) >= 11 is 5.94. The fraction of sp³-hybridized carbons (Fsp3) is 0.100. The first-order valence-electron chi connectivity index (χ1n) is 4.40. The van der Waals surface area contributed by atoms with Crippen molar-refractivity contribution < 1.29 is 13.2 Å². The Morgan fingerprint density at radius 1 is 1.38 bits per heavy atom. The SMILES string of the molecule is CS(=O)(=O)n1cc(C=O)c2c(Cl)cccc21. The summed E-state index contributed by atoms with van der Waals surface area (Å²) in [5.41, 5.74) is 0.683. The molecule has 1 aromatic carbocycles. The highest BCUT2D eigenvalue weighted by Crippen LogP contribution is 2.28. The van der Waals surface area contributed by atoms with Gasteiger partial charge in [-0.1, -0.05) is 17.7 Å². The molecule has 0 N–H and O–H groups in total. The summed E-state index contributed by atoms with van der Waals surface area (Å²) in [5.74, 6) is 0. The summed E-state index contributed by atoms with van der Waals surface area (Å²) in [6.07, 6.45) is 2.94. The van der Waals surface area contributed by atoms with Crippen molar-refractivity contribution in [2.75, 3.05) is 6.26 Å². The quantitative estimate of drug-likeness (QED) is 0.773. The van der Waals surface area contributed by atoms with Crippen LogP contribution >= 0.6 is 11.6 Å². The second-order valence-electron chi connectivity index (χ2n) is 3.40. The van der Waals surface area contributed by atoms with Gasteiger partial charge in [-0.05, 0) is 12.1 Å². The van der Waals surface area contributed by atoms with Crippen LogP contribution in [0.4, 0.5) is 0 Å². The minimum absolute atomic E-state index is 0.269. The summed E-state index contributed by atoms with van der Waals surface area (Å²) in [6, 6.07) is 4.86. The number of carbonyl (C=O) groups is 1. The molecule has 84 valence electrons. The average molecular weight is 258 g/mol. The normalized spacial score (nSPS) is 11.9. The van der Waals surface area contributed by atoms with Gasteiger partial charge in [0.2, 0.25) is 10.0 Å². The average Bonchev–Trinajstić information content (AvgIpc) is 2.57. The van der Waals surface area contributed by atoms with Gasteiger partial charge in [-0.15, -0.1) is 0 Å². The fourth-order valence-electron chi connectivity index (χ4n) is 1.61. The maximum Gasteiger partial charge on any atom is 0.236 e. The monoisotopic (exact) mass is 257 g/mol. The highest BCUT2D eigenvalue weighted by atomic mass is 35.5. The van der Waals surface area contributed by atoms with Crippen molar-refractivity contribution in [1.82, 2.24) is 3.97 Å². The summed E-state index contributed by atoms with van der Waals surface area (Å²) in [4.78, 5) is 10.8. The molecule has 1 heterocycles. The Morgan fingerprint density at radius 2 is 2.06 bits per heavy atom. The molecular weight excluding hydrogens is 250 g/mol. The molecule has 1 aromatic heterocycles. The van der Waals surface area contributed by atoms with Gasteiger partial charge in [0.15, 0.2) is 6.29 Å². The highest BCUT2D eigenvalue weighted by Gasteiger charge is 2.15. The molecular formula is C10H8ClNO3S. The molecule has 16 heavy (non-hydrogen) atoms. The number of hydrogen-bond donors (Lipinski definition) is 0. The molecule has 0 saturated heterocycles. The zero-order valence-corrected chi connectivity index (χ0v) is 9.92. The molecule has 0 saturated carbocycles. The summed E-state index contributed by atoms with van der Waals surface area (Å²) in [5, 5.41) is 0.826. The third kappa shape index (κ3) is 1.62. The van der Waals surface area contributed by atoms with Crippen molar-refractivity contribution in [3.8, 4) is 0 Å². The van der Waals surface area contributed by atoms with Gasteiger partial charge in [0, 0.05) is 17.1 Å². The first kappa shape index (κ1) is 11.2. The molecule has 0 aliphatic rings. The number of fused-ring (bicyclic) bond motifs is 1. The van der Waals surface area contributed by atoms with E-state index in [0.29, 0.717) is 22.2 Å². The van der Waals surface area contributed by atoms with Crippen LogP contribution in [0.2, 0.25) is 5.02 Å². The Balaban J connectivity index is 3.00. The zero-order valence-electron chi connectivity index (χ0n) is 8.34. The first-order valence-corrected chi connectivity index (χ1v) is 6.63. The van der Waals surface area contributed by atoms with Crippen molar-refractivity contribution >= 4 is 38.8 Å². The Labute approximate surface area is 97.5 Å². The molecule has 0 aliphatic heterocycles. The molecule has 2 rings (SSSR count). The lowest BCUT2D eigenvalue weighted by atomic mass is 10.2. The maximum absolute atomic E-state index is 11.5. The Kier molecular flexibility index (Phi) is 2.52. The van der Waals surface area contributed by atoms with Crippen LogP contribution in [0.25, 0.3) is 10.9 Å². The minimum atomic E-state index is -3.44. The molecule has 0 unspecified atom stereocenters. The van der Waals surface area contributed by atoms with E-state index in [1.807, 2.05) is 0 Å². The van der Waals surface area contributed by atoms with Crippen LogP contribution < -0.4 is 0 Å². The van der Waals surface area contributed by atoms with E-state index in [0.717, 1.165) is 10.2 Å². The molecule has 0 aliphatic carbocycles. The lowest BCUT2D eigenvalue weighted by molar-refractivity contribution is 0.112. The third-order valence-electron chi connectivity index (χ3n) is 2.26. The zero-order chi connectivity index (χ0) is 11.9. The van der Waals surface area contributed by atoms with E-state index in [9.17, 15) is 13.2 Å². The fourth-order valence-corrected chi connectivity index (χ4v) is 2.70. The van der Waals surface area contributed by atoms with Crippen LogP contribution in [-0.4, -0.2) is 24.9 Å². The van der Waals surface area contributed by atoms with Gasteiger partial charge in [-0.2, -0.15) is 0 Å². The molecule has 0 amide bonds. The smallest absolute Gasteiger partial charge is 0.236 e. The number of nitrogens with zero attached hydrogens (tertiary/aromatic N) is 1. The number of halogens is 1. The molecule has 0 fully saturated rings. The van der Waals surface area contributed by atoms with Crippen molar-refractivity contribution in [3.63, 3.8) is 0 Å². The Bertz CT molecular complexity index is 673. The molecule has 0 bridgehead atoms. The summed E-state index contributed by atoms with van der Waals surface area (Å²) in [7, 11) is -3.44. The first-order chi connectivity index (χ1) is 7.45. The van der Waals surface area contributed by atoms with Crippen molar-refractivity contribution in [2.45, 2.75) is 0 Å². The van der Waals surface area contributed by atoms with Crippen LogP contribution in [0.3, 0.4) is 0 Å². The number of hydrogen-bond acceptors (Lipinski definition) is 3. The number of rotatable bonds is 2. The van der Waals surface area contributed by atoms with Crippen molar-refractivity contribution in [3.05, 3.63) is 35.0 Å².